The van der Waals surface area contributed by atoms with Gasteiger partial charge < -0.3 is 4.74 Å². The minimum absolute atomic E-state index is 0.209. The molecule has 0 radical (unpaired) electrons. The van der Waals surface area contributed by atoms with Crippen molar-refractivity contribution < 1.29 is 31.9 Å². The van der Waals surface area contributed by atoms with Crippen LogP contribution in [0.25, 0.3) is 5.57 Å². The summed E-state index contributed by atoms with van der Waals surface area (Å²) in [5.74, 6) is -1.84. The van der Waals surface area contributed by atoms with Gasteiger partial charge in [-0.15, -0.1) is 13.2 Å². The Morgan fingerprint density at radius 1 is 0.923 bits per heavy atom. The van der Waals surface area contributed by atoms with Crippen LogP contribution in [0.5, 0.6) is 5.75 Å². The van der Waals surface area contributed by atoms with E-state index in [-0.39, 0.29) is 11.3 Å². The van der Waals surface area contributed by atoms with Gasteiger partial charge in [-0.2, -0.15) is 0 Å². The predicted octanol–water partition coefficient (Wildman–Crippen LogP) is 4.07. The first-order valence-electron chi connectivity index (χ1n) is 7.42. The Labute approximate surface area is 145 Å². The molecule has 1 aliphatic rings. The van der Waals surface area contributed by atoms with Crippen molar-refractivity contribution in [3.05, 3.63) is 66.1 Å². The molecule has 0 N–H and O–H groups in total. The fourth-order valence-corrected chi connectivity index (χ4v) is 2.48. The normalized spacial score (nSPS) is 15.1. The van der Waals surface area contributed by atoms with E-state index in [0.717, 1.165) is 17.0 Å². The largest absolute Gasteiger partial charge is 0.573 e. The number of ketones is 1. The number of alkyl halides is 3. The summed E-state index contributed by atoms with van der Waals surface area (Å²) in [5, 5.41) is 0. The molecule has 0 aromatic heterocycles. The Hall–Kier alpha value is -3.16. The maximum absolute atomic E-state index is 13.0. The fourth-order valence-electron chi connectivity index (χ4n) is 2.48. The first-order valence-corrected chi connectivity index (χ1v) is 7.42. The molecule has 26 heavy (non-hydrogen) atoms. The summed E-state index contributed by atoms with van der Waals surface area (Å²) in [6.07, 6.45) is -3.92. The van der Waals surface area contributed by atoms with Gasteiger partial charge in [-0.05, 0) is 42.0 Å². The third-order valence-electron chi connectivity index (χ3n) is 3.64. The first kappa shape index (κ1) is 17.7. The van der Waals surface area contributed by atoms with Crippen molar-refractivity contribution in [1.29, 1.82) is 0 Å². The molecule has 1 amide bonds. The Kier molecular flexibility index (Phi) is 4.50. The summed E-state index contributed by atoms with van der Waals surface area (Å²) >= 11 is 0. The number of amides is 1. The molecule has 0 unspecified atom stereocenters. The van der Waals surface area contributed by atoms with E-state index >= 15 is 0 Å². The summed E-state index contributed by atoms with van der Waals surface area (Å²) in [6.45, 7) is 0. The number of allylic oxidation sites excluding steroid dienone is 1. The van der Waals surface area contributed by atoms with Gasteiger partial charge in [0.25, 0.3) is 0 Å². The van der Waals surface area contributed by atoms with Gasteiger partial charge in [0.15, 0.2) is 5.78 Å². The van der Waals surface area contributed by atoms with Crippen molar-refractivity contribution in [2.75, 3.05) is 4.90 Å². The zero-order valence-corrected chi connectivity index (χ0v) is 13.1. The Morgan fingerprint density at radius 2 is 1.54 bits per heavy atom. The van der Waals surface area contributed by atoms with Crippen LogP contribution < -0.4 is 9.64 Å². The number of anilines is 1. The van der Waals surface area contributed by atoms with E-state index in [1.807, 2.05) is 0 Å². The molecule has 2 aromatic carbocycles. The van der Waals surface area contributed by atoms with Crippen LogP contribution in [0.15, 0.2) is 54.7 Å². The van der Waals surface area contributed by atoms with E-state index in [2.05, 4.69) is 4.74 Å². The second-order valence-corrected chi connectivity index (χ2v) is 5.46. The second kappa shape index (κ2) is 6.62. The minimum Gasteiger partial charge on any atom is -0.406 e. The standard InChI is InChI=1S/C18H11F4NO3/c19-12-3-1-11(2-4-12)15-10-23(17(25)9-16(15)24)13-5-7-14(8-6-13)26-18(20,21)22/h1-8,10H,9H2. The van der Waals surface area contributed by atoms with Crippen molar-refractivity contribution in [3.63, 3.8) is 0 Å². The van der Waals surface area contributed by atoms with E-state index in [4.69, 9.17) is 0 Å². The van der Waals surface area contributed by atoms with Crippen molar-refractivity contribution in [3.8, 4) is 5.75 Å². The summed E-state index contributed by atoms with van der Waals surface area (Å²) in [4.78, 5) is 25.4. The second-order valence-electron chi connectivity index (χ2n) is 5.46. The van der Waals surface area contributed by atoms with Gasteiger partial charge in [0.05, 0.1) is 6.42 Å². The molecular formula is C18H11F4NO3. The topological polar surface area (TPSA) is 46.6 Å². The zero-order chi connectivity index (χ0) is 18.9. The van der Waals surface area contributed by atoms with Gasteiger partial charge in [-0.25, -0.2) is 4.39 Å². The lowest BCUT2D eigenvalue weighted by Gasteiger charge is -2.24. The number of hydrogen-bond donors (Lipinski definition) is 0. The molecule has 0 atom stereocenters. The van der Waals surface area contributed by atoms with Gasteiger partial charge in [0, 0.05) is 17.5 Å². The van der Waals surface area contributed by atoms with E-state index in [1.165, 1.54) is 42.6 Å². The number of rotatable bonds is 3. The molecule has 134 valence electrons. The van der Waals surface area contributed by atoms with Crippen molar-refractivity contribution in [2.24, 2.45) is 0 Å². The molecule has 0 spiro atoms. The van der Waals surface area contributed by atoms with E-state index in [9.17, 15) is 27.2 Å². The highest BCUT2D eigenvalue weighted by atomic mass is 19.4. The van der Waals surface area contributed by atoms with E-state index < -0.39 is 36.0 Å². The lowest BCUT2D eigenvalue weighted by Crippen LogP contribution is -2.32. The summed E-state index contributed by atoms with van der Waals surface area (Å²) < 4.78 is 53.5. The average molecular weight is 365 g/mol. The smallest absolute Gasteiger partial charge is 0.406 e. The van der Waals surface area contributed by atoms with Crippen LogP contribution in [0, 0.1) is 5.82 Å². The van der Waals surface area contributed by atoms with Crippen LogP contribution in [0.2, 0.25) is 0 Å². The first-order chi connectivity index (χ1) is 12.2. The molecule has 0 saturated carbocycles. The van der Waals surface area contributed by atoms with Gasteiger partial charge in [0.1, 0.15) is 11.6 Å². The fraction of sp³-hybridized carbons (Fsp3) is 0.111. The van der Waals surface area contributed by atoms with E-state index in [1.54, 1.807) is 0 Å². The number of hydrogen-bond acceptors (Lipinski definition) is 3. The Bertz CT molecular complexity index is 871. The lowest BCUT2D eigenvalue weighted by molar-refractivity contribution is -0.274. The number of benzene rings is 2. The van der Waals surface area contributed by atoms with Crippen molar-refractivity contribution >= 4 is 23.0 Å². The molecule has 4 nitrogen and oxygen atoms in total. The van der Waals surface area contributed by atoms with Crippen molar-refractivity contribution in [1.82, 2.24) is 0 Å². The highest BCUT2D eigenvalue weighted by Crippen LogP contribution is 2.29. The molecule has 0 aliphatic carbocycles. The third kappa shape index (κ3) is 3.90. The van der Waals surface area contributed by atoms with Crippen LogP contribution in [0.4, 0.5) is 23.2 Å². The summed E-state index contributed by atoms with van der Waals surface area (Å²) in [6, 6.07) is 9.87. The lowest BCUT2D eigenvalue weighted by atomic mass is 9.97. The summed E-state index contributed by atoms with van der Waals surface area (Å²) in [5.41, 5.74) is 0.919. The SMILES string of the molecule is O=C1CC(=O)N(c2ccc(OC(F)(F)F)cc2)C=C1c1ccc(F)cc1. The highest BCUT2D eigenvalue weighted by Gasteiger charge is 2.31. The molecule has 2 aromatic rings. The number of ether oxygens (including phenoxy) is 1. The Balaban J connectivity index is 1.91. The molecular weight excluding hydrogens is 354 g/mol. The molecule has 0 bridgehead atoms. The van der Waals surface area contributed by atoms with E-state index in [0.29, 0.717) is 5.56 Å². The molecule has 0 saturated heterocycles. The van der Waals surface area contributed by atoms with Gasteiger partial charge in [0.2, 0.25) is 5.91 Å². The molecule has 1 heterocycles. The van der Waals surface area contributed by atoms with Crippen LogP contribution in [0.1, 0.15) is 12.0 Å². The monoisotopic (exact) mass is 365 g/mol. The van der Waals surface area contributed by atoms with Gasteiger partial charge >= 0.3 is 6.36 Å². The predicted molar refractivity (Wildman–Crippen MR) is 84.6 cm³/mol. The molecule has 0 fully saturated rings. The minimum atomic E-state index is -4.81. The number of Topliss-reactive ketones (excluding diaryl/α,β-unsaturated/α-hetero) is 1. The number of halogens is 4. The Morgan fingerprint density at radius 3 is 2.12 bits per heavy atom. The van der Waals surface area contributed by atoms with Crippen LogP contribution in [-0.2, 0) is 9.59 Å². The van der Waals surface area contributed by atoms with Crippen molar-refractivity contribution in [2.45, 2.75) is 12.8 Å². The van der Waals surface area contributed by atoms with Crippen LogP contribution >= 0.6 is 0 Å². The zero-order valence-electron chi connectivity index (χ0n) is 13.1. The molecule has 8 heteroatoms. The summed E-state index contributed by atoms with van der Waals surface area (Å²) in [7, 11) is 0. The maximum Gasteiger partial charge on any atom is 0.573 e. The van der Waals surface area contributed by atoms with Gasteiger partial charge in [-0.1, -0.05) is 12.1 Å². The highest BCUT2D eigenvalue weighted by molar-refractivity contribution is 6.30. The van der Waals surface area contributed by atoms with Gasteiger partial charge in [-0.3, -0.25) is 14.5 Å². The third-order valence-corrected chi connectivity index (χ3v) is 3.64. The maximum atomic E-state index is 13.0. The quantitative estimate of drug-likeness (QED) is 0.609. The van der Waals surface area contributed by atoms with Crippen LogP contribution in [0.3, 0.4) is 0 Å². The van der Waals surface area contributed by atoms with Crippen LogP contribution in [-0.4, -0.2) is 18.1 Å². The number of carbonyl (C=O) groups is 2. The average Bonchev–Trinajstić information content (AvgIpc) is 2.56. The molecule has 3 rings (SSSR count). The number of carbonyl (C=O) groups excluding carboxylic acids is 2. The molecule has 1 aliphatic heterocycles. The number of nitrogens with zero attached hydrogens (tertiary/aromatic N) is 1.